The van der Waals surface area contributed by atoms with Gasteiger partial charge in [-0.2, -0.15) is 0 Å². The van der Waals surface area contributed by atoms with Crippen molar-refractivity contribution in [1.82, 2.24) is 13.5 Å². The van der Waals surface area contributed by atoms with Crippen molar-refractivity contribution in [1.29, 1.82) is 0 Å². The number of benzene rings is 1. The lowest BCUT2D eigenvalue weighted by Crippen LogP contribution is -2.60. The predicted octanol–water partition coefficient (Wildman–Crippen LogP) is 7.19. The van der Waals surface area contributed by atoms with Crippen LogP contribution in [0.2, 0.25) is 0 Å². The Hall–Kier alpha value is -0.540. The van der Waals surface area contributed by atoms with E-state index in [-0.39, 0.29) is 13.1 Å². The van der Waals surface area contributed by atoms with Crippen LogP contribution in [0, 0.1) is 19.3 Å². The summed E-state index contributed by atoms with van der Waals surface area (Å²) >= 11 is 4.02. The van der Waals surface area contributed by atoms with E-state index in [0.717, 1.165) is 18.6 Å². The minimum Gasteiger partial charge on any atom is -0.497 e. The van der Waals surface area contributed by atoms with E-state index in [1.807, 2.05) is 16.8 Å². The molecule has 1 aromatic carbocycles. The van der Waals surface area contributed by atoms with Crippen LogP contribution in [0.15, 0.2) is 17.0 Å². The van der Waals surface area contributed by atoms with Crippen LogP contribution in [0.1, 0.15) is 75.3 Å². The number of hydrogen-bond acceptors (Lipinski definition) is 6. The molecule has 3 heterocycles. The highest BCUT2D eigenvalue weighted by Gasteiger charge is 2.48. The molecule has 1 saturated carbocycles. The largest absolute Gasteiger partial charge is 0.497 e. The Bertz CT molecular complexity index is 883. The van der Waals surface area contributed by atoms with Gasteiger partial charge in [0, 0.05) is 42.4 Å². The van der Waals surface area contributed by atoms with Crippen molar-refractivity contribution in [2.45, 2.75) is 101 Å². The highest BCUT2D eigenvalue weighted by atomic mass is 32.2. The predicted molar refractivity (Wildman–Crippen MR) is 152 cm³/mol. The molecule has 4 nitrogen and oxygen atoms in total. The Morgan fingerprint density at radius 2 is 1.65 bits per heavy atom. The molecule has 37 heavy (non-hydrogen) atoms. The van der Waals surface area contributed by atoms with E-state index in [9.17, 15) is 8.78 Å². The molecular weight excluding hydrogens is 508 g/mol. The molecule has 208 valence electrons. The number of piperidine rings is 1. The highest BCUT2D eigenvalue weighted by Crippen LogP contribution is 2.47. The zero-order chi connectivity index (χ0) is 26.0. The summed E-state index contributed by atoms with van der Waals surface area (Å²) in [5, 5.41) is 0. The number of alkyl halides is 2. The van der Waals surface area contributed by atoms with Gasteiger partial charge in [-0.1, -0.05) is 11.9 Å². The fourth-order valence-electron chi connectivity index (χ4n) is 7.00. The second-order valence-electron chi connectivity index (χ2n) is 12.0. The van der Waals surface area contributed by atoms with E-state index >= 15 is 0 Å². The van der Waals surface area contributed by atoms with Crippen molar-refractivity contribution < 1.29 is 13.5 Å². The number of aryl methyl sites for hydroxylation is 2. The maximum atomic E-state index is 13.3. The summed E-state index contributed by atoms with van der Waals surface area (Å²) in [7, 11) is 1.74. The lowest BCUT2D eigenvalue weighted by atomic mass is 9.67. The lowest BCUT2D eigenvalue weighted by molar-refractivity contribution is -0.153. The first kappa shape index (κ1) is 28.0. The number of halogens is 2. The van der Waals surface area contributed by atoms with E-state index in [4.69, 9.17) is 4.74 Å². The van der Waals surface area contributed by atoms with Crippen LogP contribution in [-0.2, 0) is 0 Å². The van der Waals surface area contributed by atoms with E-state index in [0.29, 0.717) is 17.5 Å². The van der Waals surface area contributed by atoms with Crippen LogP contribution in [0.25, 0.3) is 0 Å². The maximum Gasteiger partial charge on any atom is 0.272 e. The number of ether oxygens (including phenoxy) is 1. The Balaban J connectivity index is 0.994. The number of nitrogens with zero attached hydrogens (tertiary/aromatic N) is 3. The molecule has 1 aliphatic carbocycles. The van der Waals surface area contributed by atoms with Gasteiger partial charge in [0.05, 0.1) is 20.2 Å². The van der Waals surface area contributed by atoms with Crippen LogP contribution in [0.3, 0.4) is 0 Å². The van der Waals surface area contributed by atoms with E-state index in [1.165, 1.54) is 92.8 Å². The summed E-state index contributed by atoms with van der Waals surface area (Å²) in [6.07, 6.45) is 12.5. The molecule has 1 aromatic rings. The van der Waals surface area contributed by atoms with Gasteiger partial charge in [0.25, 0.3) is 5.92 Å². The molecule has 5 rings (SSSR count). The van der Waals surface area contributed by atoms with Crippen molar-refractivity contribution >= 4 is 23.9 Å². The molecule has 1 unspecified atom stereocenters. The third-order valence-corrected chi connectivity index (χ3v) is 12.1. The van der Waals surface area contributed by atoms with Gasteiger partial charge in [0.15, 0.2) is 0 Å². The monoisotopic (exact) mass is 553 g/mol. The van der Waals surface area contributed by atoms with Crippen molar-refractivity contribution in [3.63, 3.8) is 0 Å². The van der Waals surface area contributed by atoms with Crippen LogP contribution < -0.4 is 4.74 Å². The maximum absolute atomic E-state index is 13.3. The second-order valence-corrected chi connectivity index (χ2v) is 14.3. The number of rotatable bonds is 9. The van der Waals surface area contributed by atoms with Gasteiger partial charge >= 0.3 is 0 Å². The third-order valence-electron chi connectivity index (χ3n) is 9.34. The van der Waals surface area contributed by atoms with Crippen molar-refractivity contribution in [3.8, 4) is 5.75 Å². The molecule has 1 spiro atoms. The Morgan fingerprint density at radius 1 is 0.973 bits per heavy atom. The minimum atomic E-state index is -2.43. The van der Waals surface area contributed by atoms with Crippen molar-refractivity contribution in [2.75, 3.05) is 45.6 Å². The molecule has 4 fully saturated rings. The fraction of sp³-hybridized carbons (Fsp3) is 0.793. The summed E-state index contributed by atoms with van der Waals surface area (Å²) in [6.45, 7) is 7.95. The smallest absolute Gasteiger partial charge is 0.272 e. The molecule has 0 N–H and O–H groups in total. The first-order chi connectivity index (χ1) is 17.8. The molecule has 0 radical (unpaired) electrons. The highest BCUT2D eigenvalue weighted by molar-refractivity contribution is 7.97. The standard InChI is InChI=1S/C29H45F2N3OS2/c1-22-18-26(35-3)19-23(2)27(22)37-34-14-4-6-25(34)7-5-17-36-33-15-12-28(13-16-33)10-8-24(9-11-28)32-20-29(30,31)21-32/h18-19,24-25H,4-17,20-21H2,1-3H3. The summed E-state index contributed by atoms with van der Waals surface area (Å²) < 4.78 is 37.2. The van der Waals surface area contributed by atoms with E-state index < -0.39 is 5.92 Å². The second kappa shape index (κ2) is 11.9. The molecule has 0 amide bonds. The Labute approximate surface area is 231 Å². The van der Waals surface area contributed by atoms with Gasteiger partial charge in [-0.05, 0) is 119 Å². The first-order valence-corrected chi connectivity index (χ1v) is 16.1. The van der Waals surface area contributed by atoms with Gasteiger partial charge in [-0.25, -0.2) is 13.1 Å². The Morgan fingerprint density at radius 3 is 2.27 bits per heavy atom. The van der Waals surface area contributed by atoms with E-state index in [1.54, 1.807) is 7.11 Å². The summed E-state index contributed by atoms with van der Waals surface area (Å²) in [6, 6.07) is 5.39. The van der Waals surface area contributed by atoms with Crippen LogP contribution in [0.4, 0.5) is 8.78 Å². The van der Waals surface area contributed by atoms with Crippen molar-refractivity contribution in [3.05, 3.63) is 23.3 Å². The Kier molecular flexibility index (Phi) is 9.01. The van der Waals surface area contributed by atoms with Crippen LogP contribution >= 0.6 is 23.9 Å². The molecule has 8 heteroatoms. The number of hydrogen-bond donors (Lipinski definition) is 0. The summed E-state index contributed by atoms with van der Waals surface area (Å²) in [5.74, 6) is -0.264. The van der Waals surface area contributed by atoms with Crippen LogP contribution in [0.5, 0.6) is 5.75 Å². The summed E-state index contributed by atoms with van der Waals surface area (Å²) in [4.78, 5) is 3.42. The zero-order valence-corrected chi connectivity index (χ0v) is 24.6. The average molecular weight is 554 g/mol. The third kappa shape index (κ3) is 6.79. The molecular formula is C29H45F2N3OS2. The van der Waals surface area contributed by atoms with Gasteiger partial charge < -0.3 is 4.74 Å². The van der Waals surface area contributed by atoms with E-state index in [2.05, 4.69) is 46.5 Å². The first-order valence-electron chi connectivity index (χ1n) is 14.4. The fourth-order valence-corrected chi connectivity index (χ4v) is 9.21. The number of likely N-dealkylation sites (tertiary alicyclic amines) is 1. The van der Waals surface area contributed by atoms with Crippen LogP contribution in [-0.4, -0.2) is 77.1 Å². The topological polar surface area (TPSA) is 19.0 Å². The molecule has 3 aliphatic heterocycles. The molecule has 1 atom stereocenters. The van der Waals surface area contributed by atoms with Gasteiger partial charge in [0.1, 0.15) is 5.75 Å². The average Bonchev–Trinajstić information content (AvgIpc) is 3.31. The minimum absolute atomic E-state index is 0.00679. The van der Waals surface area contributed by atoms with Gasteiger partial charge in [-0.3, -0.25) is 9.21 Å². The summed E-state index contributed by atoms with van der Waals surface area (Å²) in [5.41, 5.74) is 3.10. The van der Waals surface area contributed by atoms with Gasteiger partial charge in [-0.15, -0.1) is 0 Å². The normalized spacial score (nSPS) is 27.0. The lowest BCUT2D eigenvalue weighted by Gasteiger charge is -2.50. The molecule has 3 saturated heterocycles. The quantitative estimate of drug-likeness (QED) is 0.236. The van der Waals surface area contributed by atoms with Gasteiger partial charge in [0.2, 0.25) is 0 Å². The number of methoxy groups -OCH3 is 1. The zero-order valence-electron chi connectivity index (χ0n) is 22.9. The van der Waals surface area contributed by atoms with Crippen molar-refractivity contribution in [2.24, 2.45) is 5.41 Å². The SMILES string of the molecule is COc1cc(C)c(SN2CCCC2CCCSN2CCC3(CCC(N4CC(F)(F)C4)CC3)CC2)c(C)c1. The molecule has 0 bridgehead atoms. The molecule has 4 aliphatic rings. The molecule has 0 aromatic heterocycles.